The van der Waals surface area contributed by atoms with Gasteiger partial charge in [-0.15, -0.1) is 0 Å². The van der Waals surface area contributed by atoms with Crippen LogP contribution in [0.15, 0.2) is 54.1 Å². The number of amides is 4. The Morgan fingerprint density at radius 3 is 2.50 bits per heavy atom. The van der Waals surface area contributed by atoms with Crippen molar-refractivity contribution in [3.63, 3.8) is 0 Å². The minimum absolute atomic E-state index is 0.0228. The van der Waals surface area contributed by atoms with Crippen LogP contribution in [-0.2, 0) is 9.59 Å². The van der Waals surface area contributed by atoms with Crippen LogP contribution >= 0.6 is 0 Å². The van der Waals surface area contributed by atoms with Gasteiger partial charge in [-0.05, 0) is 48.4 Å². The quantitative estimate of drug-likeness (QED) is 0.653. The van der Waals surface area contributed by atoms with E-state index in [9.17, 15) is 19.2 Å². The van der Waals surface area contributed by atoms with Crippen molar-refractivity contribution >= 4 is 35.6 Å². The van der Waals surface area contributed by atoms with E-state index in [2.05, 4.69) is 5.32 Å². The standard InChI is InChI=1S/C19H14N2O5/c1-11-4-2-7-14(8-11)21-17(23)15(16(22)20-19(21)26)10-12-5-3-6-13(9-12)18(24)25/h2-10H,1H3,(H,24,25)(H,20,22,26)/b15-10+. The average Bonchev–Trinajstić information content (AvgIpc) is 2.59. The molecule has 1 aliphatic heterocycles. The maximum absolute atomic E-state index is 12.7. The van der Waals surface area contributed by atoms with Crippen molar-refractivity contribution in [1.29, 1.82) is 0 Å². The van der Waals surface area contributed by atoms with E-state index in [1.807, 2.05) is 13.0 Å². The normalized spacial score (nSPS) is 16.0. The zero-order chi connectivity index (χ0) is 18.8. The maximum Gasteiger partial charge on any atom is 0.335 e. The Morgan fingerprint density at radius 2 is 1.81 bits per heavy atom. The van der Waals surface area contributed by atoms with Crippen LogP contribution < -0.4 is 10.2 Å². The van der Waals surface area contributed by atoms with Crippen LogP contribution in [0.2, 0.25) is 0 Å². The number of hydrogen-bond acceptors (Lipinski definition) is 4. The minimum atomic E-state index is -1.12. The summed E-state index contributed by atoms with van der Waals surface area (Å²) in [5, 5.41) is 11.2. The molecule has 130 valence electrons. The monoisotopic (exact) mass is 350 g/mol. The summed E-state index contributed by atoms with van der Waals surface area (Å²) in [6, 6.07) is 11.7. The molecule has 0 bridgehead atoms. The third kappa shape index (κ3) is 3.23. The molecule has 0 spiro atoms. The van der Waals surface area contributed by atoms with Crippen LogP contribution in [0, 0.1) is 6.92 Å². The van der Waals surface area contributed by atoms with Crippen LogP contribution in [0.4, 0.5) is 10.5 Å². The van der Waals surface area contributed by atoms with E-state index in [0.717, 1.165) is 10.5 Å². The van der Waals surface area contributed by atoms with E-state index in [1.165, 1.54) is 24.3 Å². The summed E-state index contributed by atoms with van der Waals surface area (Å²) in [5.74, 6) is -2.73. The highest BCUT2D eigenvalue weighted by atomic mass is 16.4. The highest BCUT2D eigenvalue weighted by Crippen LogP contribution is 2.22. The van der Waals surface area contributed by atoms with E-state index in [1.54, 1.807) is 24.3 Å². The van der Waals surface area contributed by atoms with Crippen LogP contribution in [0.1, 0.15) is 21.5 Å². The van der Waals surface area contributed by atoms with Crippen molar-refractivity contribution in [2.45, 2.75) is 6.92 Å². The number of nitrogens with one attached hydrogen (secondary N) is 1. The number of barbiturate groups is 1. The highest BCUT2D eigenvalue weighted by Gasteiger charge is 2.36. The van der Waals surface area contributed by atoms with Gasteiger partial charge in [0, 0.05) is 0 Å². The van der Waals surface area contributed by atoms with E-state index in [0.29, 0.717) is 11.3 Å². The second-order valence-electron chi connectivity index (χ2n) is 5.73. The SMILES string of the molecule is Cc1cccc(N2C(=O)NC(=O)/C(=C\c3cccc(C(=O)O)c3)C2=O)c1. The molecule has 7 nitrogen and oxygen atoms in total. The molecule has 1 heterocycles. The molecule has 7 heteroatoms. The lowest BCUT2D eigenvalue weighted by atomic mass is 10.0. The Balaban J connectivity index is 2.03. The number of carboxylic acids is 1. The van der Waals surface area contributed by atoms with Crippen molar-refractivity contribution in [2.24, 2.45) is 0 Å². The fourth-order valence-electron chi connectivity index (χ4n) is 2.59. The molecule has 1 saturated heterocycles. The van der Waals surface area contributed by atoms with Gasteiger partial charge < -0.3 is 5.11 Å². The topological polar surface area (TPSA) is 104 Å². The summed E-state index contributed by atoms with van der Waals surface area (Å²) in [4.78, 5) is 48.9. The zero-order valence-corrected chi connectivity index (χ0v) is 13.7. The first-order valence-corrected chi connectivity index (χ1v) is 7.68. The van der Waals surface area contributed by atoms with Gasteiger partial charge in [0.1, 0.15) is 5.57 Å². The molecule has 0 atom stereocenters. The fourth-order valence-corrected chi connectivity index (χ4v) is 2.59. The second kappa shape index (κ2) is 6.64. The number of carbonyl (C=O) groups excluding carboxylic acids is 3. The molecule has 1 fully saturated rings. The Bertz CT molecular complexity index is 977. The van der Waals surface area contributed by atoms with Gasteiger partial charge in [-0.2, -0.15) is 0 Å². The predicted octanol–water partition coefficient (Wildman–Crippen LogP) is 2.36. The first-order valence-electron chi connectivity index (χ1n) is 7.68. The first kappa shape index (κ1) is 17.1. The largest absolute Gasteiger partial charge is 0.478 e. The van der Waals surface area contributed by atoms with E-state index < -0.39 is 23.8 Å². The van der Waals surface area contributed by atoms with Crippen molar-refractivity contribution < 1.29 is 24.3 Å². The number of benzene rings is 2. The third-order valence-corrected chi connectivity index (χ3v) is 3.81. The van der Waals surface area contributed by atoms with E-state index in [4.69, 9.17) is 5.11 Å². The van der Waals surface area contributed by atoms with Crippen LogP contribution in [0.5, 0.6) is 0 Å². The summed E-state index contributed by atoms with van der Waals surface area (Å²) < 4.78 is 0. The summed E-state index contributed by atoms with van der Waals surface area (Å²) in [5.41, 5.74) is 1.31. The number of rotatable bonds is 3. The number of aryl methyl sites for hydroxylation is 1. The summed E-state index contributed by atoms with van der Waals surface area (Å²) in [6.45, 7) is 1.81. The van der Waals surface area contributed by atoms with Crippen molar-refractivity contribution in [1.82, 2.24) is 5.32 Å². The van der Waals surface area contributed by atoms with Gasteiger partial charge in [0.2, 0.25) is 0 Å². The molecule has 0 aliphatic carbocycles. The number of carbonyl (C=O) groups is 4. The molecule has 3 rings (SSSR count). The van der Waals surface area contributed by atoms with Crippen LogP contribution in [0.25, 0.3) is 6.08 Å². The summed E-state index contributed by atoms with van der Waals surface area (Å²) in [7, 11) is 0. The lowest BCUT2D eigenvalue weighted by Gasteiger charge is -2.26. The maximum atomic E-state index is 12.7. The Hall–Kier alpha value is -3.74. The van der Waals surface area contributed by atoms with E-state index in [-0.39, 0.29) is 11.1 Å². The van der Waals surface area contributed by atoms with E-state index >= 15 is 0 Å². The third-order valence-electron chi connectivity index (χ3n) is 3.81. The molecule has 2 aromatic carbocycles. The number of urea groups is 1. The van der Waals surface area contributed by atoms with Crippen molar-refractivity contribution in [2.75, 3.05) is 4.90 Å². The number of nitrogens with zero attached hydrogens (tertiary/aromatic N) is 1. The summed E-state index contributed by atoms with van der Waals surface area (Å²) in [6.07, 6.45) is 1.26. The molecule has 0 unspecified atom stereocenters. The van der Waals surface area contributed by atoms with Gasteiger partial charge in [0.25, 0.3) is 11.8 Å². The van der Waals surface area contributed by atoms with Gasteiger partial charge in [0.15, 0.2) is 0 Å². The van der Waals surface area contributed by atoms with Crippen LogP contribution in [0.3, 0.4) is 0 Å². The average molecular weight is 350 g/mol. The predicted molar refractivity (Wildman–Crippen MR) is 93.6 cm³/mol. The molecule has 26 heavy (non-hydrogen) atoms. The summed E-state index contributed by atoms with van der Waals surface area (Å²) >= 11 is 0. The number of aromatic carboxylic acids is 1. The molecule has 0 aromatic heterocycles. The second-order valence-corrected chi connectivity index (χ2v) is 5.73. The van der Waals surface area contributed by atoms with Crippen molar-refractivity contribution in [3.05, 3.63) is 70.8 Å². The molecule has 0 saturated carbocycles. The Labute approximate surface area is 148 Å². The van der Waals surface area contributed by atoms with Gasteiger partial charge in [0.05, 0.1) is 11.3 Å². The Kier molecular flexibility index (Phi) is 4.36. The zero-order valence-electron chi connectivity index (χ0n) is 13.7. The number of anilines is 1. The number of carboxylic acid groups (broad SMARTS) is 1. The molecule has 2 N–H and O–H groups in total. The lowest BCUT2D eigenvalue weighted by Crippen LogP contribution is -2.54. The fraction of sp³-hybridized carbons (Fsp3) is 0.0526. The minimum Gasteiger partial charge on any atom is -0.478 e. The van der Waals surface area contributed by atoms with Crippen LogP contribution in [-0.4, -0.2) is 28.9 Å². The molecule has 1 aliphatic rings. The van der Waals surface area contributed by atoms with Crippen molar-refractivity contribution in [3.8, 4) is 0 Å². The van der Waals surface area contributed by atoms with Gasteiger partial charge in [-0.1, -0.05) is 24.3 Å². The lowest BCUT2D eigenvalue weighted by molar-refractivity contribution is -0.122. The molecule has 2 aromatic rings. The Morgan fingerprint density at radius 1 is 1.08 bits per heavy atom. The molecular formula is C19H14N2O5. The highest BCUT2D eigenvalue weighted by molar-refractivity contribution is 6.39. The smallest absolute Gasteiger partial charge is 0.335 e. The number of hydrogen-bond donors (Lipinski definition) is 2. The molecular weight excluding hydrogens is 336 g/mol. The van der Waals surface area contributed by atoms with Gasteiger partial charge in [-0.25, -0.2) is 14.5 Å². The van der Waals surface area contributed by atoms with Gasteiger partial charge >= 0.3 is 12.0 Å². The first-order chi connectivity index (χ1) is 12.4. The number of imide groups is 2. The molecule has 0 radical (unpaired) electrons. The van der Waals surface area contributed by atoms with Gasteiger partial charge in [-0.3, -0.25) is 14.9 Å². The molecule has 4 amide bonds.